The van der Waals surface area contributed by atoms with Crippen molar-refractivity contribution in [3.8, 4) is 0 Å². The zero-order valence-corrected chi connectivity index (χ0v) is 13.2. The lowest BCUT2D eigenvalue weighted by Crippen LogP contribution is -2.34. The van der Waals surface area contributed by atoms with Crippen molar-refractivity contribution >= 4 is 17.6 Å². The summed E-state index contributed by atoms with van der Waals surface area (Å²) >= 11 is 0. The number of anilines is 1. The molecule has 3 amide bonds. The molecular weight excluding hydrogens is 296 g/mol. The van der Waals surface area contributed by atoms with Crippen LogP contribution in [0.3, 0.4) is 0 Å². The molecule has 0 bridgehead atoms. The second kappa shape index (κ2) is 6.54. The van der Waals surface area contributed by atoms with E-state index < -0.39 is 5.91 Å². The number of carbonyl (C=O) groups is 2. The highest BCUT2D eigenvalue weighted by atomic mass is 16.5. The normalized spacial score (nSPS) is 24.0. The molecule has 0 saturated carbocycles. The number of aromatic nitrogens is 1. The summed E-state index contributed by atoms with van der Waals surface area (Å²) < 4.78 is 5.44. The fourth-order valence-electron chi connectivity index (χ4n) is 3.33. The average Bonchev–Trinajstić information content (AvgIpc) is 3.19. The van der Waals surface area contributed by atoms with Crippen LogP contribution in [-0.2, 0) is 4.74 Å². The van der Waals surface area contributed by atoms with Crippen molar-refractivity contribution in [2.24, 2.45) is 17.6 Å². The maximum atomic E-state index is 12.4. The number of ether oxygens (including phenoxy) is 1. The van der Waals surface area contributed by atoms with Crippen molar-refractivity contribution < 1.29 is 14.3 Å². The number of likely N-dealkylation sites (tertiary alicyclic amines) is 1. The average molecular weight is 318 g/mol. The van der Waals surface area contributed by atoms with Crippen LogP contribution in [0.25, 0.3) is 0 Å². The lowest BCUT2D eigenvalue weighted by molar-refractivity contribution is 0.0999. The van der Waals surface area contributed by atoms with Crippen LogP contribution in [0.15, 0.2) is 12.3 Å². The molecular formula is C16H22N4O3. The largest absolute Gasteiger partial charge is 0.381 e. The second-order valence-electron chi connectivity index (χ2n) is 6.27. The van der Waals surface area contributed by atoms with Crippen molar-refractivity contribution in [1.29, 1.82) is 0 Å². The van der Waals surface area contributed by atoms with Crippen LogP contribution in [0.4, 0.5) is 10.5 Å². The number of hydrogen-bond donors (Lipinski definition) is 2. The first-order valence-corrected chi connectivity index (χ1v) is 7.94. The minimum Gasteiger partial charge on any atom is -0.381 e. The molecule has 3 N–H and O–H groups in total. The number of nitrogens with zero attached hydrogens (tertiary/aromatic N) is 2. The molecule has 7 heteroatoms. The molecule has 2 aliphatic heterocycles. The Kier molecular flexibility index (Phi) is 4.47. The van der Waals surface area contributed by atoms with Crippen LogP contribution < -0.4 is 11.1 Å². The third-order valence-corrected chi connectivity index (χ3v) is 4.75. The van der Waals surface area contributed by atoms with E-state index in [1.807, 2.05) is 4.90 Å². The van der Waals surface area contributed by atoms with Gasteiger partial charge < -0.3 is 20.7 Å². The molecule has 0 aliphatic carbocycles. The number of primary amides is 1. The van der Waals surface area contributed by atoms with Gasteiger partial charge in [0.25, 0.3) is 5.91 Å². The summed E-state index contributed by atoms with van der Waals surface area (Å²) in [6, 6.07) is 1.41. The van der Waals surface area contributed by atoms with Crippen LogP contribution in [0.2, 0.25) is 0 Å². The highest BCUT2D eigenvalue weighted by molar-refractivity contribution is 5.96. The van der Waals surface area contributed by atoms with E-state index in [0.717, 1.165) is 39.1 Å². The number of nitrogens with one attached hydrogen (secondary N) is 1. The molecule has 0 aromatic carbocycles. The summed E-state index contributed by atoms with van der Waals surface area (Å²) in [5.74, 6) is 0.532. The summed E-state index contributed by atoms with van der Waals surface area (Å²) in [5.41, 5.74) is 6.68. The van der Waals surface area contributed by atoms with Crippen LogP contribution in [0.1, 0.15) is 28.9 Å². The van der Waals surface area contributed by atoms with Gasteiger partial charge in [-0.25, -0.2) is 4.79 Å². The van der Waals surface area contributed by atoms with E-state index in [1.54, 1.807) is 13.0 Å². The Labute approximate surface area is 135 Å². The lowest BCUT2D eigenvalue weighted by Gasteiger charge is -2.19. The summed E-state index contributed by atoms with van der Waals surface area (Å²) in [5, 5.41) is 2.80. The predicted octanol–water partition coefficient (Wildman–Crippen LogP) is 1.38. The van der Waals surface area contributed by atoms with Gasteiger partial charge >= 0.3 is 6.03 Å². The van der Waals surface area contributed by atoms with Gasteiger partial charge in [-0.1, -0.05) is 0 Å². The van der Waals surface area contributed by atoms with Crippen molar-refractivity contribution in [3.05, 3.63) is 23.5 Å². The number of nitrogens with two attached hydrogens (primary N) is 1. The molecule has 2 atom stereocenters. The summed E-state index contributed by atoms with van der Waals surface area (Å²) in [7, 11) is 0. The van der Waals surface area contributed by atoms with E-state index in [2.05, 4.69) is 10.3 Å². The number of hydrogen-bond acceptors (Lipinski definition) is 4. The minimum absolute atomic E-state index is 0.160. The van der Waals surface area contributed by atoms with Gasteiger partial charge in [-0.3, -0.25) is 9.78 Å². The molecule has 1 aromatic heterocycles. The van der Waals surface area contributed by atoms with Crippen molar-refractivity contribution in [2.75, 3.05) is 31.6 Å². The van der Waals surface area contributed by atoms with Gasteiger partial charge in [0.15, 0.2) is 0 Å². The summed E-state index contributed by atoms with van der Waals surface area (Å²) in [6.07, 6.45) is 3.64. The van der Waals surface area contributed by atoms with Crippen LogP contribution in [0.5, 0.6) is 0 Å². The number of amides is 3. The Morgan fingerprint density at radius 2 is 2.22 bits per heavy atom. The van der Waals surface area contributed by atoms with E-state index in [-0.39, 0.29) is 6.03 Å². The van der Waals surface area contributed by atoms with E-state index in [1.165, 1.54) is 6.20 Å². The van der Waals surface area contributed by atoms with Crippen LogP contribution in [0, 0.1) is 18.8 Å². The van der Waals surface area contributed by atoms with Crippen molar-refractivity contribution in [2.45, 2.75) is 19.8 Å². The first kappa shape index (κ1) is 15.7. The van der Waals surface area contributed by atoms with Crippen LogP contribution >= 0.6 is 0 Å². The molecule has 2 unspecified atom stereocenters. The molecule has 0 radical (unpaired) electrons. The SMILES string of the molecule is Cc1ncc(NC(=O)N2CCC(C3CCOC3)C2)cc1C(N)=O. The first-order chi connectivity index (χ1) is 11.0. The van der Waals surface area contributed by atoms with E-state index >= 15 is 0 Å². The molecule has 124 valence electrons. The lowest BCUT2D eigenvalue weighted by atomic mass is 9.91. The molecule has 2 saturated heterocycles. The number of rotatable bonds is 3. The van der Waals surface area contributed by atoms with Crippen LogP contribution in [-0.4, -0.2) is 48.1 Å². The topological polar surface area (TPSA) is 97.6 Å². The zero-order chi connectivity index (χ0) is 16.4. The van der Waals surface area contributed by atoms with Crippen molar-refractivity contribution in [1.82, 2.24) is 9.88 Å². The van der Waals surface area contributed by atoms with E-state index in [0.29, 0.717) is 28.8 Å². The molecule has 7 nitrogen and oxygen atoms in total. The summed E-state index contributed by atoms with van der Waals surface area (Å²) in [6.45, 7) is 4.85. The maximum absolute atomic E-state index is 12.4. The molecule has 3 heterocycles. The number of carbonyl (C=O) groups excluding carboxylic acids is 2. The smallest absolute Gasteiger partial charge is 0.321 e. The molecule has 3 rings (SSSR count). The van der Waals surface area contributed by atoms with Gasteiger partial charge in [0.05, 0.1) is 23.1 Å². The molecule has 1 aromatic rings. The Balaban J connectivity index is 1.61. The van der Waals surface area contributed by atoms with Gasteiger partial charge in [-0.2, -0.15) is 0 Å². The van der Waals surface area contributed by atoms with Gasteiger partial charge in [0.2, 0.25) is 0 Å². The third kappa shape index (κ3) is 3.44. The standard InChI is InChI=1S/C16H22N4O3/c1-10-14(15(17)21)6-13(7-18-10)19-16(22)20-4-2-11(8-20)12-3-5-23-9-12/h6-7,11-12H,2-5,8-9H2,1H3,(H2,17,21)(H,19,22). The number of pyridine rings is 1. The number of aryl methyl sites for hydroxylation is 1. The Bertz CT molecular complexity index is 613. The first-order valence-electron chi connectivity index (χ1n) is 7.94. The quantitative estimate of drug-likeness (QED) is 0.879. The molecule has 0 spiro atoms. The molecule has 2 fully saturated rings. The highest BCUT2D eigenvalue weighted by Gasteiger charge is 2.33. The van der Waals surface area contributed by atoms with Gasteiger partial charge in [-0.05, 0) is 37.7 Å². The second-order valence-corrected chi connectivity index (χ2v) is 6.27. The van der Waals surface area contributed by atoms with Crippen molar-refractivity contribution in [3.63, 3.8) is 0 Å². The minimum atomic E-state index is -0.548. The molecule has 23 heavy (non-hydrogen) atoms. The predicted molar refractivity (Wildman–Crippen MR) is 85.1 cm³/mol. The summed E-state index contributed by atoms with van der Waals surface area (Å²) in [4.78, 5) is 29.7. The maximum Gasteiger partial charge on any atom is 0.321 e. The zero-order valence-electron chi connectivity index (χ0n) is 13.2. The highest BCUT2D eigenvalue weighted by Crippen LogP contribution is 2.30. The van der Waals surface area contributed by atoms with Gasteiger partial charge in [-0.15, -0.1) is 0 Å². The fourth-order valence-corrected chi connectivity index (χ4v) is 3.33. The van der Waals surface area contributed by atoms with E-state index in [4.69, 9.17) is 10.5 Å². The van der Waals surface area contributed by atoms with Gasteiger partial charge in [0, 0.05) is 26.3 Å². The Morgan fingerprint density at radius 1 is 1.39 bits per heavy atom. The monoisotopic (exact) mass is 318 g/mol. The number of urea groups is 1. The van der Waals surface area contributed by atoms with E-state index in [9.17, 15) is 9.59 Å². The van der Waals surface area contributed by atoms with Gasteiger partial charge in [0.1, 0.15) is 0 Å². The Morgan fingerprint density at radius 3 is 2.91 bits per heavy atom. The fraction of sp³-hybridized carbons (Fsp3) is 0.562. The third-order valence-electron chi connectivity index (χ3n) is 4.75. The molecule has 2 aliphatic rings. The Hall–Kier alpha value is -2.15.